The van der Waals surface area contributed by atoms with E-state index in [-0.39, 0.29) is 10.5 Å². The SMILES string of the molecule is CC(=O)N[C@H](CSC1=CC2=C(C(=O)c3cccc(O)c3C2=O)[C@]2(O)C(=O)[C@H](O)[C@](C)(O)C[C@@]12O)C(=O)O. The Bertz CT molecular complexity index is 1350. The molecular formula is C24H23NO11S. The molecule has 0 spiro atoms. The number of carbonyl (C=O) groups is 5. The number of rotatable bonds is 5. The van der Waals surface area contributed by atoms with Crippen LogP contribution in [0.5, 0.6) is 5.75 Å². The number of carboxylic acid groups (broad SMARTS) is 1. The molecule has 12 nitrogen and oxygen atoms in total. The second-order valence-electron chi connectivity index (χ2n) is 9.43. The van der Waals surface area contributed by atoms with Gasteiger partial charge in [-0.25, -0.2) is 4.79 Å². The summed E-state index contributed by atoms with van der Waals surface area (Å²) in [6.45, 7) is 2.11. The molecule has 0 unspecified atom stereocenters. The summed E-state index contributed by atoms with van der Waals surface area (Å²) in [7, 11) is 0. The van der Waals surface area contributed by atoms with Gasteiger partial charge in [-0.2, -0.15) is 0 Å². The molecule has 1 aromatic rings. The Hall–Kier alpha value is -3.36. The summed E-state index contributed by atoms with van der Waals surface area (Å²) in [5, 5.41) is 66.7. The minimum Gasteiger partial charge on any atom is -0.507 e. The van der Waals surface area contributed by atoms with Gasteiger partial charge in [0.2, 0.25) is 11.7 Å². The first-order valence-corrected chi connectivity index (χ1v) is 12.0. The number of Topliss-reactive ketones (excluding diaryl/α,β-unsaturated/α-hetero) is 3. The van der Waals surface area contributed by atoms with Crippen molar-refractivity contribution in [2.75, 3.05) is 5.75 Å². The number of benzene rings is 1. The molecule has 0 radical (unpaired) electrons. The lowest BCUT2D eigenvalue weighted by Gasteiger charge is -2.55. The maximum absolute atomic E-state index is 13.5. The van der Waals surface area contributed by atoms with E-state index >= 15 is 0 Å². The number of hydrogen-bond acceptors (Lipinski definition) is 11. The van der Waals surface area contributed by atoms with Gasteiger partial charge < -0.3 is 36.0 Å². The van der Waals surface area contributed by atoms with E-state index in [9.17, 15) is 54.6 Å². The highest BCUT2D eigenvalue weighted by Crippen LogP contribution is 2.56. The average Bonchev–Trinajstić information content (AvgIpc) is 2.80. The van der Waals surface area contributed by atoms with Crippen molar-refractivity contribution in [3.05, 3.63) is 51.5 Å². The molecule has 0 bridgehead atoms. The largest absolute Gasteiger partial charge is 0.507 e. The van der Waals surface area contributed by atoms with E-state index in [1.54, 1.807) is 0 Å². The molecule has 0 aliphatic heterocycles. The highest BCUT2D eigenvalue weighted by Gasteiger charge is 2.71. The molecule has 4 rings (SSSR count). The number of phenols is 1. The van der Waals surface area contributed by atoms with Crippen LogP contribution in [0.4, 0.5) is 0 Å². The summed E-state index contributed by atoms with van der Waals surface area (Å²) in [6, 6.07) is 2.10. The Morgan fingerprint density at radius 3 is 2.41 bits per heavy atom. The molecule has 1 amide bonds. The summed E-state index contributed by atoms with van der Waals surface area (Å²) in [6.07, 6.45) is -2.17. The third-order valence-electron chi connectivity index (χ3n) is 6.79. The van der Waals surface area contributed by atoms with Gasteiger partial charge in [0.05, 0.1) is 16.7 Å². The van der Waals surface area contributed by atoms with Crippen LogP contribution in [0.3, 0.4) is 0 Å². The number of thioether (sulfide) groups is 1. The van der Waals surface area contributed by atoms with Gasteiger partial charge in [-0.15, -0.1) is 11.8 Å². The van der Waals surface area contributed by atoms with E-state index in [1.807, 2.05) is 0 Å². The Morgan fingerprint density at radius 2 is 1.81 bits per heavy atom. The zero-order valence-electron chi connectivity index (χ0n) is 19.5. The molecule has 3 aliphatic rings. The molecule has 3 aliphatic carbocycles. The first-order chi connectivity index (χ1) is 17.1. The van der Waals surface area contributed by atoms with Crippen LogP contribution in [0.2, 0.25) is 0 Å². The van der Waals surface area contributed by atoms with Gasteiger partial charge in [-0.05, 0) is 19.1 Å². The van der Waals surface area contributed by atoms with E-state index in [0.29, 0.717) is 11.8 Å². The molecule has 0 aromatic heterocycles. The van der Waals surface area contributed by atoms with Crippen molar-refractivity contribution in [2.24, 2.45) is 0 Å². The highest BCUT2D eigenvalue weighted by atomic mass is 32.2. The van der Waals surface area contributed by atoms with Crippen molar-refractivity contribution >= 4 is 41.0 Å². The normalized spacial score (nSPS) is 31.7. The number of amides is 1. The maximum Gasteiger partial charge on any atom is 0.327 e. The molecule has 5 atom stereocenters. The number of fused-ring (bicyclic) bond motifs is 3. The standard InChI is InChI=1S/C24H23NO11S/c1-9(26)25-12(21(32)33)7-37-14-6-11-16(18(29)10-4-3-5-13(27)15(10)17(11)28)24(36)20(31)19(30)22(2,34)8-23(14,24)35/h3-6,12,19,27,30,34-36H,7-8H2,1-2H3,(H,25,26)(H,32,33)/t12-,19+,22-,23-,24+/m1/s1. The van der Waals surface area contributed by atoms with E-state index in [2.05, 4.69) is 5.32 Å². The number of carboxylic acids is 1. The fourth-order valence-corrected chi connectivity index (χ4v) is 6.23. The first-order valence-electron chi connectivity index (χ1n) is 11.0. The van der Waals surface area contributed by atoms with Crippen LogP contribution < -0.4 is 5.32 Å². The number of phenolic OH excluding ortho intramolecular Hbond substituents is 1. The Morgan fingerprint density at radius 1 is 1.16 bits per heavy atom. The number of allylic oxidation sites excluding steroid dienone is 2. The van der Waals surface area contributed by atoms with Gasteiger partial charge in [0.1, 0.15) is 23.5 Å². The summed E-state index contributed by atoms with van der Waals surface area (Å²) < 4.78 is 0. The second kappa shape index (κ2) is 8.60. The summed E-state index contributed by atoms with van der Waals surface area (Å²) >= 11 is 0.558. The zero-order valence-corrected chi connectivity index (χ0v) is 20.3. The van der Waals surface area contributed by atoms with E-state index in [0.717, 1.165) is 26.0 Å². The summed E-state index contributed by atoms with van der Waals surface area (Å²) in [5.41, 5.74) is -10.4. The first kappa shape index (κ1) is 26.7. The van der Waals surface area contributed by atoms with Gasteiger partial charge >= 0.3 is 5.97 Å². The Balaban J connectivity index is 1.94. The Labute approximate surface area is 213 Å². The predicted octanol–water partition coefficient (Wildman–Crippen LogP) is -1.17. The van der Waals surface area contributed by atoms with Crippen LogP contribution >= 0.6 is 11.8 Å². The van der Waals surface area contributed by atoms with Crippen molar-refractivity contribution in [3.63, 3.8) is 0 Å². The third kappa shape index (κ3) is 3.73. The quantitative estimate of drug-likeness (QED) is 0.238. The lowest BCUT2D eigenvalue weighted by atomic mass is 9.56. The molecular weight excluding hydrogens is 510 g/mol. The van der Waals surface area contributed by atoms with Crippen molar-refractivity contribution in [1.82, 2.24) is 5.32 Å². The molecule has 1 saturated carbocycles. The van der Waals surface area contributed by atoms with Gasteiger partial charge in [0.15, 0.2) is 17.2 Å². The topological polar surface area (TPSA) is 219 Å². The van der Waals surface area contributed by atoms with Gasteiger partial charge in [0.25, 0.3) is 0 Å². The van der Waals surface area contributed by atoms with Crippen LogP contribution in [0.25, 0.3) is 0 Å². The molecule has 1 aromatic carbocycles. The molecule has 1 fully saturated rings. The monoisotopic (exact) mass is 533 g/mol. The van der Waals surface area contributed by atoms with Gasteiger partial charge in [-0.1, -0.05) is 12.1 Å². The molecule has 13 heteroatoms. The molecule has 37 heavy (non-hydrogen) atoms. The smallest absolute Gasteiger partial charge is 0.327 e. The number of aliphatic carboxylic acids is 1. The molecule has 0 heterocycles. The third-order valence-corrected chi connectivity index (χ3v) is 8.05. The van der Waals surface area contributed by atoms with Gasteiger partial charge in [-0.3, -0.25) is 19.2 Å². The molecule has 7 N–H and O–H groups in total. The fraction of sp³-hybridized carbons (Fsp3) is 0.375. The number of ketones is 3. The number of aliphatic hydroxyl groups is 4. The number of hydrogen-bond donors (Lipinski definition) is 7. The lowest BCUT2D eigenvalue weighted by molar-refractivity contribution is -0.210. The van der Waals surface area contributed by atoms with Crippen molar-refractivity contribution < 1.29 is 54.6 Å². The number of aliphatic hydroxyl groups excluding tert-OH is 1. The van der Waals surface area contributed by atoms with Crippen molar-refractivity contribution in [1.29, 1.82) is 0 Å². The fourth-order valence-electron chi connectivity index (χ4n) is 5.00. The molecule has 0 saturated heterocycles. The highest BCUT2D eigenvalue weighted by molar-refractivity contribution is 8.03. The summed E-state index contributed by atoms with van der Waals surface area (Å²) in [4.78, 5) is 62.9. The molecule has 196 valence electrons. The van der Waals surface area contributed by atoms with Crippen LogP contribution in [-0.4, -0.2) is 94.6 Å². The average molecular weight is 534 g/mol. The van der Waals surface area contributed by atoms with Crippen molar-refractivity contribution in [3.8, 4) is 5.75 Å². The van der Waals surface area contributed by atoms with Crippen LogP contribution in [0.1, 0.15) is 41.0 Å². The lowest BCUT2D eigenvalue weighted by Crippen LogP contribution is -2.75. The van der Waals surface area contributed by atoms with Crippen LogP contribution in [0, 0.1) is 0 Å². The van der Waals surface area contributed by atoms with E-state index in [4.69, 9.17) is 0 Å². The van der Waals surface area contributed by atoms with Gasteiger partial charge in [0, 0.05) is 35.1 Å². The minimum atomic E-state index is -3.22. The predicted molar refractivity (Wildman–Crippen MR) is 126 cm³/mol. The number of nitrogens with one attached hydrogen (secondary N) is 1. The number of carbonyl (C=O) groups excluding carboxylic acids is 4. The number of aromatic hydroxyl groups is 1. The Kier molecular flexibility index (Phi) is 6.20. The zero-order chi connectivity index (χ0) is 27.7. The second-order valence-corrected chi connectivity index (χ2v) is 10.5. The van der Waals surface area contributed by atoms with E-state index in [1.165, 1.54) is 12.1 Å². The van der Waals surface area contributed by atoms with Crippen molar-refractivity contribution in [2.45, 2.75) is 49.2 Å². The van der Waals surface area contributed by atoms with Crippen LogP contribution in [0.15, 0.2) is 40.3 Å². The van der Waals surface area contributed by atoms with Crippen LogP contribution in [-0.2, 0) is 14.4 Å². The van der Waals surface area contributed by atoms with E-state index < -0.39 is 92.8 Å². The summed E-state index contributed by atoms with van der Waals surface area (Å²) in [5.74, 6) is -6.70. The minimum absolute atomic E-state index is 0.347. The maximum atomic E-state index is 13.5.